The zero-order valence-corrected chi connectivity index (χ0v) is 12.3. The van der Waals surface area contributed by atoms with Gasteiger partial charge in [-0.1, -0.05) is 24.3 Å². The van der Waals surface area contributed by atoms with Gasteiger partial charge >= 0.3 is 0 Å². The number of hydrogen-bond donors (Lipinski definition) is 1. The van der Waals surface area contributed by atoms with E-state index >= 15 is 0 Å². The van der Waals surface area contributed by atoms with E-state index in [1.54, 1.807) is 6.07 Å². The number of para-hydroxylation sites is 1. The van der Waals surface area contributed by atoms with Crippen LogP contribution in [0.4, 0.5) is 11.5 Å². The third-order valence-electron chi connectivity index (χ3n) is 3.37. The Morgan fingerprint density at radius 1 is 0.955 bits per heavy atom. The lowest BCUT2D eigenvalue weighted by molar-refractivity contribution is 0.583. The molecule has 108 valence electrons. The summed E-state index contributed by atoms with van der Waals surface area (Å²) < 4.78 is 7.51. The Morgan fingerprint density at radius 2 is 1.77 bits per heavy atom. The monoisotopic (exact) mass is 309 g/mol. The molecule has 3 aromatic heterocycles. The van der Waals surface area contributed by atoms with Gasteiger partial charge in [-0.05, 0) is 48.0 Å². The Balaban J connectivity index is 1.90. The third kappa shape index (κ3) is 2.23. The highest BCUT2D eigenvalue weighted by atomic mass is 35.5. The molecule has 0 amide bonds. The van der Waals surface area contributed by atoms with Crippen molar-refractivity contribution in [2.45, 2.75) is 0 Å². The smallest absolute Gasteiger partial charge is 0.194 e. The highest BCUT2D eigenvalue weighted by molar-refractivity contribution is 6.29. The Hall–Kier alpha value is -2.72. The van der Waals surface area contributed by atoms with E-state index in [-0.39, 0.29) is 0 Å². The predicted molar refractivity (Wildman–Crippen MR) is 87.6 cm³/mol. The van der Waals surface area contributed by atoms with Gasteiger partial charge < -0.3 is 9.73 Å². The van der Waals surface area contributed by atoms with Crippen molar-refractivity contribution in [3.05, 3.63) is 72.1 Å². The lowest BCUT2D eigenvalue weighted by atomic mass is 10.3. The van der Waals surface area contributed by atoms with Crippen LogP contribution in [0.2, 0.25) is 5.22 Å². The van der Waals surface area contributed by atoms with E-state index in [4.69, 9.17) is 16.0 Å². The molecule has 0 aliphatic rings. The minimum atomic E-state index is 0.345. The molecule has 4 nitrogen and oxygen atoms in total. The van der Waals surface area contributed by atoms with Crippen LogP contribution in [0.25, 0.3) is 17.1 Å². The molecule has 0 saturated carbocycles. The largest absolute Gasteiger partial charge is 0.443 e. The van der Waals surface area contributed by atoms with Gasteiger partial charge in [0.05, 0.1) is 0 Å². The second kappa shape index (κ2) is 5.24. The van der Waals surface area contributed by atoms with Crippen molar-refractivity contribution in [3.8, 4) is 11.5 Å². The summed E-state index contributed by atoms with van der Waals surface area (Å²) >= 11 is 5.90. The highest BCUT2D eigenvalue weighted by Crippen LogP contribution is 2.33. The van der Waals surface area contributed by atoms with Gasteiger partial charge in [-0.25, -0.2) is 4.98 Å². The number of anilines is 2. The second-order valence-corrected chi connectivity index (χ2v) is 5.21. The summed E-state index contributed by atoms with van der Waals surface area (Å²) in [6, 6.07) is 19.3. The maximum absolute atomic E-state index is 5.90. The van der Waals surface area contributed by atoms with Gasteiger partial charge in [0.1, 0.15) is 17.2 Å². The Morgan fingerprint density at radius 3 is 2.55 bits per heavy atom. The Kier molecular flexibility index (Phi) is 3.09. The zero-order chi connectivity index (χ0) is 14.9. The number of hydrogen-bond acceptors (Lipinski definition) is 3. The maximum atomic E-state index is 5.90. The molecular weight excluding hydrogens is 298 g/mol. The molecule has 0 fully saturated rings. The average Bonchev–Trinajstić information content (AvgIpc) is 3.13. The van der Waals surface area contributed by atoms with Gasteiger partial charge in [0.25, 0.3) is 0 Å². The van der Waals surface area contributed by atoms with Crippen molar-refractivity contribution < 1.29 is 4.42 Å². The van der Waals surface area contributed by atoms with Gasteiger partial charge in [0, 0.05) is 11.9 Å². The number of pyridine rings is 1. The highest BCUT2D eigenvalue weighted by Gasteiger charge is 2.17. The van der Waals surface area contributed by atoms with Gasteiger partial charge in [-0.3, -0.25) is 4.40 Å². The zero-order valence-electron chi connectivity index (χ0n) is 11.5. The topological polar surface area (TPSA) is 42.5 Å². The van der Waals surface area contributed by atoms with Crippen molar-refractivity contribution in [1.82, 2.24) is 9.38 Å². The number of nitrogens with zero attached hydrogens (tertiary/aromatic N) is 2. The number of imidazole rings is 1. The van der Waals surface area contributed by atoms with E-state index in [0.29, 0.717) is 11.0 Å². The molecule has 0 unspecified atom stereocenters. The third-order valence-corrected chi connectivity index (χ3v) is 3.58. The van der Waals surface area contributed by atoms with Crippen LogP contribution >= 0.6 is 11.6 Å². The molecule has 0 radical (unpaired) electrons. The minimum Gasteiger partial charge on any atom is -0.443 e. The fourth-order valence-corrected chi connectivity index (χ4v) is 2.53. The first-order chi connectivity index (χ1) is 10.8. The van der Waals surface area contributed by atoms with Crippen LogP contribution in [0.5, 0.6) is 0 Å². The van der Waals surface area contributed by atoms with E-state index in [0.717, 1.165) is 22.8 Å². The predicted octanol–water partition coefficient (Wildman–Crippen LogP) is 4.99. The van der Waals surface area contributed by atoms with Crippen molar-refractivity contribution in [1.29, 1.82) is 0 Å². The molecule has 0 aliphatic heterocycles. The molecule has 4 aromatic rings. The van der Waals surface area contributed by atoms with Crippen LogP contribution in [0, 0.1) is 0 Å². The Bertz CT molecular complexity index is 927. The van der Waals surface area contributed by atoms with E-state index in [1.165, 1.54) is 0 Å². The van der Waals surface area contributed by atoms with Crippen LogP contribution in [-0.4, -0.2) is 9.38 Å². The first-order valence-corrected chi connectivity index (χ1v) is 7.24. The number of rotatable bonds is 3. The molecule has 5 heteroatoms. The molecule has 0 atom stereocenters. The van der Waals surface area contributed by atoms with Crippen molar-refractivity contribution in [2.75, 3.05) is 5.32 Å². The summed E-state index contributed by atoms with van der Waals surface area (Å²) in [6.07, 6.45) is 1.96. The van der Waals surface area contributed by atoms with Gasteiger partial charge in [0.15, 0.2) is 11.0 Å². The van der Waals surface area contributed by atoms with Crippen molar-refractivity contribution >= 4 is 28.8 Å². The molecule has 0 saturated heterocycles. The van der Waals surface area contributed by atoms with Crippen LogP contribution in [0.1, 0.15) is 0 Å². The lowest BCUT2D eigenvalue weighted by Crippen LogP contribution is -1.96. The molecule has 0 spiro atoms. The van der Waals surface area contributed by atoms with Crippen LogP contribution in [-0.2, 0) is 0 Å². The molecule has 3 heterocycles. The fraction of sp³-hybridized carbons (Fsp3) is 0. The summed E-state index contributed by atoms with van der Waals surface area (Å²) in [4.78, 5) is 4.64. The summed E-state index contributed by atoms with van der Waals surface area (Å²) in [6.45, 7) is 0. The van der Waals surface area contributed by atoms with E-state index in [2.05, 4.69) is 10.3 Å². The summed E-state index contributed by atoms with van der Waals surface area (Å²) in [5.41, 5.74) is 2.54. The number of fused-ring (bicyclic) bond motifs is 1. The van der Waals surface area contributed by atoms with E-state index in [9.17, 15) is 0 Å². The summed E-state index contributed by atoms with van der Waals surface area (Å²) in [5.74, 6) is 1.47. The summed E-state index contributed by atoms with van der Waals surface area (Å²) in [5, 5.41) is 3.75. The molecule has 4 rings (SSSR count). The van der Waals surface area contributed by atoms with Gasteiger partial charge in [0.2, 0.25) is 0 Å². The molecule has 1 N–H and O–H groups in total. The SMILES string of the molecule is Clc1ccc(-c2nc3ccccn3c2Nc2ccccc2)o1. The first-order valence-electron chi connectivity index (χ1n) is 6.86. The van der Waals surface area contributed by atoms with Gasteiger partial charge in [-0.2, -0.15) is 0 Å². The van der Waals surface area contributed by atoms with Gasteiger partial charge in [-0.15, -0.1) is 0 Å². The van der Waals surface area contributed by atoms with Crippen LogP contribution in [0.15, 0.2) is 71.3 Å². The van der Waals surface area contributed by atoms with Crippen LogP contribution in [0.3, 0.4) is 0 Å². The first kappa shape index (κ1) is 13.0. The van der Waals surface area contributed by atoms with Crippen molar-refractivity contribution in [3.63, 3.8) is 0 Å². The lowest BCUT2D eigenvalue weighted by Gasteiger charge is -2.07. The molecule has 0 aliphatic carbocycles. The number of benzene rings is 1. The normalized spacial score (nSPS) is 11.0. The average molecular weight is 310 g/mol. The number of aromatic nitrogens is 2. The van der Waals surface area contributed by atoms with Crippen LogP contribution < -0.4 is 5.32 Å². The van der Waals surface area contributed by atoms with E-state index < -0.39 is 0 Å². The van der Waals surface area contributed by atoms with E-state index in [1.807, 2.05) is 65.2 Å². The standard InChI is InChI=1S/C17H12ClN3O/c18-14-10-9-13(22-14)16-17(19-12-6-2-1-3-7-12)21-11-5-4-8-15(21)20-16/h1-11,19H. The Labute approximate surface area is 132 Å². The quantitative estimate of drug-likeness (QED) is 0.579. The minimum absolute atomic E-state index is 0.345. The van der Waals surface area contributed by atoms with Crippen molar-refractivity contribution in [2.24, 2.45) is 0 Å². The number of furan rings is 1. The molecular formula is C17H12ClN3O. The number of halogens is 1. The molecule has 1 aromatic carbocycles. The molecule has 22 heavy (non-hydrogen) atoms. The fourth-order valence-electron chi connectivity index (χ4n) is 2.39. The second-order valence-electron chi connectivity index (χ2n) is 4.83. The summed E-state index contributed by atoms with van der Waals surface area (Å²) in [7, 11) is 0. The molecule has 0 bridgehead atoms. The number of nitrogens with one attached hydrogen (secondary N) is 1. The maximum Gasteiger partial charge on any atom is 0.194 e.